The lowest BCUT2D eigenvalue weighted by Crippen LogP contribution is -2.37. The quantitative estimate of drug-likeness (QED) is 0.456. The molecule has 1 fully saturated rings. The van der Waals surface area contributed by atoms with Crippen LogP contribution < -0.4 is 10.9 Å². The van der Waals surface area contributed by atoms with Gasteiger partial charge in [-0.1, -0.05) is 24.6 Å². The first kappa shape index (κ1) is 17.5. The van der Waals surface area contributed by atoms with Crippen molar-refractivity contribution in [3.8, 4) is 0 Å². The molecule has 2 N–H and O–H groups in total. The first-order chi connectivity index (χ1) is 11.0. The summed E-state index contributed by atoms with van der Waals surface area (Å²) in [5, 5.41) is 2.96. The fourth-order valence-electron chi connectivity index (χ4n) is 2.46. The van der Waals surface area contributed by atoms with Crippen LogP contribution in [-0.4, -0.2) is 40.2 Å². The molecule has 0 radical (unpaired) electrons. The monoisotopic (exact) mass is 339 g/mol. The van der Waals surface area contributed by atoms with E-state index in [4.69, 9.17) is 0 Å². The first-order valence-electron chi connectivity index (χ1n) is 7.62. The molecule has 23 heavy (non-hydrogen) atoms. The van der Waals surface area contributed by atoms with Gasteiger partial charge in [0.05, 0.1) is 24.5 Å². The van der Waals surface area contributed by atoms with Gasteiger partial charge in [-0.2, -0.15) is 0 Å². The number of methoxy groups -OCH3 is 1. The standard InChI is InChI=1S/C15H21N3O4S/c1-9(14(21)16-10-5-3-4-6-10)23-15-17-11(7-12(19)18-15)8-13(20)22-2/h7,9-10H,3-6,8H2,1-2H3,(H,16,21)(H,17,18,19)/t9-/m0/s1. The van der Waals surface area contributed by atoms with Crippen molar-refractivity contribution in [1.82, 2.24) is 15.3 Å². The lowest BCUT2D eigenvalue weighted by Gasteiger charge is -2.16. The molecule has 8 heteroatoms. The van der Waals surface area contributed by atoms with Crippen molar-refractivity contribution in [3.05, 3.63) is 22.1 Å². The Hall–Kier alpha value is -1.83. The number of rotatable bonds is 6. The van der Waals surface area contributed by atoms with E-state index >= 15 is 0 Å². The van der Waals surface area contributed by atoms with Gasteiger partial charge in [0, 0.05) is 12.1 Å². The van der Waals surface area contributed by atoms with Crippen LogP contribution in [-0.2, 0) is 20.7 Å². The Kier molecular flexibility index (Phi) is 6.20. The number of nitrogens with one attached hydrogen (secondary N) is 2. The molecule has 0 unspecified atom stereocenters. The summed E-state index contributed by atoms with van der Waals surface area (Å²) in [7, 11) is 1.28. The molecule has 1 amide bonds. The zero-order valence-electron chi connectivity index (χ0n) is 13.3. The molecule has 7 nitrogen and oxygen atoms in total. The number of carbonyl (C=O) groups excluding carboxylic acids is 2. The van der Waals surface area contributed by atoms with E-state index in [1.54, 1.807) is 6.92 Å². The number of amides is 1. The molecule has 1 aliphatic rings. The molecule has 1 heterocycles. The van der Waals surface area contributed by atoms with Crippen LogP contribution in [0.15, 0.2) is 16.0 Å². The van der Waals surface area contributed by atoms with Gasteiger partial charge in [-0.05, 0) is 19.8 Å². The predicted molar refractivity (Wildman–Crippen MR) is 86.3 cm³/mol. The van der Waals surface area contributed by atoms with Gasteiger partial charge >= 0.3 is 5.97 Å². The second-order valence-electron chi connectivity index (χ2n) is 5.54. The van der Waals surface area contributed by atoms with Crippen LogP contribution >= 0.6 is 11.8 Å². The van der Waals surface area contributed by atoms with Crippen LogP contribution in [0.5, 0.6) is 0 Å². The Balaban J connectivity index is 1.99. The Morgan fingerprint density at radius 1 is 1.48 bits per heavy atom. The van der Waals surface area contributed by atoms with Crippen molar-refractivity contribution in [2.45, 2.75) is 55.5 Å². The highest BCUT2D eigenvalue weighted by atomic mass is 32.2. The molecule has 1 aromatic rings. The van der Waals surface area contributed by atoms with Crippen molar-refractivity contribution in [2.75, 3.05) is 7.11 Å². The minimum atomic E-state index is -0.467. The molecule has 1 saturated carbocycles. The first-order valence-corrected chi connectivity index (χ1v) is 8.50. The summed E-state index contributed by atoms with van der Waals surface area (Å²) in [5.41, 5.74) is -0.0312. The van der Waals surface area contributed by atoms with E-state index in [0.29, 0.717) is 10.9 Å². The van der Waals surface area contributed by atoms with Crippen molar-refractivity contribution in [3.63, 3.8) is 0 Å². The zero-order chi connectivity index (χ0) is 16.8. The summed E-state index contributed by atoms with van der Waals surface area (Å²) in [6, 6.07) is 1.51. The molecule has 0 aliphatic heterocycles. The Labute approximate surface area is 138 Å². The van der Waals surface area contributed by atoms with E-state index in [9.17, 15) is 14.4 Å². The van der Waals surface area contributed by atoms with E-state index in [0.717, 1.165) is 25.7 Å². The molecule has 0 bridgehead atoms. The number of esters is 1. The highest BCUT2D eigenvalue weighted by Gasteiger charge is 2.22. The molecule has 0 spiro atoms. The highest BCUT2D eigenvalue weighted by Crippen LogP contribution is 2.21. The molecule has 1 atom stereocenters. The largest absolute Gasteiger partial charge is 0.469 e. The topological polar surface area (TPSA) is 101 Å². The van der Waals surface area contributed by atoms with Crippen LogP contribution in [0.25, 0.3) is 0 Å². The SMILES string of the molecule is COC(=O)Cc1cc(=O)[nH]c(S[C@@H](C)C(=O)NC2CCCC2)n1. The van der Waals surface area contributed by atoms with E-state index < -0.39 is 5.97 Å². The maximum Gasteiger partial charge on any atom is 0.311 e. The van der Waals surface area contributed by atoms with E-state index in [1.165, 1.54) is 24.9 Å². The third-order valence-electron chi connectivity index (χ3n) is 3.69. The number of aromatic amines is 1. The second-order valence-corrected chi connectivity index (χ2v) is 6.87. The molecule has 0 saturated heterocycles. The zero-order valence-corrected chi connectivity index (χ0v) is 14.1. The van der Waals surface area contributed by atoms with Crippen LogP contribution in [0.1, 0.15) is 38.3 Å². The number of hydrogen-bond acceptors (Lipinski definition) is 6. The fourth-order valence-corrected chi connectivity index (χ4v) is 3.30. The molecular formula is C15H21N3O4S. The number of carbonyl (C=O) groups is 2. The van der Waals surface area contributed by atoms with Crippen LogP contribution in [0, 0.1) is 0 Å². The number of nitrogens with zero attached hydrogens (tertiary/aromatic N) is 1. The average Bonchev–Trinajstić information content (AvgIpc) is 2.99. The Morgan fingerprint density at radius 2 is 2.17 bits per heavy atom. The fraction of sp³-hybridized carbons (Fsp3) is 0.600. The number of aromatic nitrogens is 2. The lowest BCUT2D eigenvalue weighted by molar-refractivity contribution is -0.139. The van der Waals surface area contributed by atoms with Crippen molar-refractivity contribution in [1.29, 1.82) is 0 Å². The van der Waals surface area contributed by atoms with Gasteiger partial charge in [-0.3, -0.25) is 14.4 Å². The minimum absolute atomic E-state index is 0.0667. The molecule has 1 aliphatic carbocycles. The van der Waals surface area contributed by atoms with Gasteiger partial charge in [0.1, 0.15) is 0 Å². The van der Waals surface area contributed by atoms with E-state index in [-0.39, 0.29) is 29.2 Å². The average molecular weight is 339 g/mol. The number of thioether (sulfide) groups is 1. The maximum absolute atomic E-state index is 12.2. The molecule has 1 aromatic heterocycles. The van der Waals surface area contributed by atoms with Gasteiger partial charge in [-0.15, -0.1) is 0 Å². The van der Waals surface area contributed by atoms with Crippen molar-refractivity contribution in [2.24, 2.45) is 0 Å². The molecule has 2 rings (SSSR count). The second kappa shape index (κ2) is 8.14. The smallest absolute Gasteiger partial charge is 0.311 e. The van der Waals surface area contributed by atoms with Gasteiger partial charge in [-0.25, -0.2) is 4.98 Å². The Bertz CT molecular complexity index is 625. The van der Waals surface area contributed by atoms with Crippen molar-refractivity contribution >= 4 is 23.6 Å². The molecule has 0 aromatic carbocycles. The third-order valence-corrected chi connectivity index (χ3v) is 4.67. The normalized spacial score (nSPS) is 16.1. The van der Waals surface area contributed by atoms with E-state index in [1.807, 2.05) is 0 Å². The summed E-state index contributed by atoms with van der Waals surface area (Å²) in [6.45, 7) is 1.77. The summed E-state index contributed by atoms with van der Waals surface area (Å²) < 4.78 is 4.57. The molecular weight excluding hydrogens is 318 g/mol. The summed E-state index contributed by atoms with van der Waals surface area (Å²) in [5.74, 6) is -0.533. The van der Waals surface area contributed by atoms with Gasteiger partial charge in [0.15, 0.2) is 5.16 Å². The van der Waals surface area contributed by atoms with E-state index in [2.05, 4.69) is 20.0 Å². The van der Waals surface area contributed by atoms with Gasteiger partial charge in [0.2, 0.25) is 5.91 Å². The molecule has 126 valence electrons. The van der Waals surface area contributed by atoms with Crippen LogP contribution in [0.4, 0.5) is 0 Å². The minimum Gasteiger partial charge on any atom is -0.469 e. The Morgan fingerprint density at radius 3 is 2.83 bits per heavy atom. The van der Waals surface area contributed by atoms with Crippen molar-refractivity contribution < 1.29 is 14.3 Å². The summed E-state index contributed by atoms with van der Waals surface area (Å²) >= 11 is 1.17. The summed E-state index contributed by atoms with van der Waals surface area (Å²) in [6.07, 6.45) is 4.27. The highest BCUT2D eigenvalue weighted by molar-refractivity contribution is 8.00. The van der Waals surface area contributed by atoms with Gasteiger partial charge in [0.25, 0.3) is 5.56 Å². The predicted octanol–water partition coefficient (Wildman–Crippen LogP) is 1.02. The van der Waals surface area contributed by atoms with Gasteiger partial charge < -0.3 is 15.0 Å². The van der Waals surface area contributed by atoms with Crippen LogP contribution in [0.2, 0.25) is 0 Å². The number of H-pyrrole nitrogens is 1. The third kappa shape index (κ3) is 5.38. The van der Waals surface area contributed by atoms with Crippen LogP contribution in [0.3, 0.4) is 0 Å². The maximum atomic E-state index is 12.2. The number of ether oxygens (including phenoxy) is 1. The lowest BCUT2D eigenvalue weighted by atomic mass is 10.2. The summed E-state index contributed by atoms with van der Waals surface area (Å²) in [4.78, 5) is 41.9. The number of hydrogen-bond donors (Lipinski definition) is 2.